The zero-order valence-electron chi connectivity index (χ0n) is 8.05. The third-order valence-electron chi connectivity index (χ3n) is 2.13. The van der Waals surface area contributed by atoms with Crippen molar-refractivity contribution < 1.29 is 0 Å². The van der Waals surface area contributed by atoms with E-state index in [0.717, 1.165) is 0 Å². The molecule has 0 saturated heterocycles. The van der Waals surface area contributed by atoms with Crippen molar-refractivity contribution in [2.45, 2.75) is 18.7 Å². The quantitative estimate of drug-likeness (QED) is 0.632. The predicted molar refractivity (Wildman–Crippen MR) is 63.1 cm³/mol. The van der Waals surface area contributed by atoms with Crippen molar-refractivity contribution >= 4 is 33.2 Å². The first-order chi connectivity index (χ1) is 6.20. The summed E-state index contributed by atoms with van der Waals surface area (Å²) in [4.78, 5) is 2.76. The summed E-state index contributed by atoms with van der Waals surface area (Å²) in [5, 5.41) is 1.40. The molecular formula is C11H12S2. The zero-order chi connectivity index (χ0) is 9.42. The minimum Gasteiger partial charge on any atom is -0.140 e. The molecule has 0 unspecified atom stereocenters. The summed E-state index contributed by atoms with van der Waals surface area (Å²) in [6.45, 7) is 4.36. The molecule has 0 fully saturated rings. The molecule has 0 amide bonds. The lowest BCUT2D eigenvalue weighted by Gasteiger charge is -1.99. The maximum atomic E-state index is 2.27. The number of hydrogen-bond acceptors (Lipinski definition) is 2. The van der Waals surface area contributed by atoms with E-state index in [1.807, 2.05) is 23.1 Å². The Morgan fingerprint density at radius 2 is 1.92 bits per heavy atom. The van der Waals surface area contributed by atoms with Gasteiger partial charge in [0, 0.05) is 14.5 Å². The zero-order valence-corrected chi connectivity index (χ0v) is 9.68. The number of hydrogen-bond donors (Lipinski definition) is 0. The van der Waals surface area contributed by atoms with Crippen molar-refractivity contribution in [2.24, 2.45) is 0 Å². The minimum absolute atomic E-state index is 1.36. The first kappa shape index (κ1) is 9.10. The van der Waals surface area contributed by atoms with Crippen molar-refractivity contribution in [2.75, 3.05) is 6.26 Å². The van der Waals surface area contributed by atoms with Gasteiger partial charge in [-0.2, -0.15) is 0 Å². The average molecular weight is 208 g/mol. The third-order valence-corrected chi connectivity index (χ3v) is 4.04. The fraction of sp³-hybridized carbons (Fsp3) is 0.273. The molecule has 0 aliphatic heterocycles. The van der Waals surface area contributed by atoms with Crippen molar-refractivity contribution in [3.63, 3.8) is 0 Å². The van der Waals surface area contributed by atoms with Crippen LogP contribution in [0.4, 0.5) is 0 Å². The second-order valence-electron chi connectivity index (χ2n) is 3.22. The number of benzene rings is 1. The Morgan fingerprint density at radius 1 is 1.15 bits per heavy atom. The van der Waals surface area contributed by atoms with Crippen LogP contribution in [-0.4, -0.2) is 6.26 Å². The van der Waals surface area contributed by atoms with E-state index in [0.29, 0.717) is 0 Å². The fourth-order valence-corrected chi connectivity index (χ4v) is 3.04. The van der Waals surface area contributed by atoms with Gasteiger partial charge >= 0.3 is 0 Å². The van der Waals surface area contributed by atoms with Gasteiger partial charge in [-0.15, -0.1) is 23.1 Å². The van der Waals surface area contributed by atoms with Gasteiger partial charge in [-0.25, -0.2) is 0 Å². The van der Waals surface area contributed by atoms with E-state index in [9.17, 15) is 0 Å². The Bertz CT molecular complexity index is 441. The molecule has 0 spiro atoms. The summed E-state index contributed by atoms with van der Waals surface area (Å²) in [5.74, 6) is 0. The van der Waals surface area contributed by atoms with Gasteiger partial charge in [0.25, 0.3) is 0 Å². The smallest absolute Gasteiger partial charge is 0.0375 e. The molecule has 2 rings (SSSR count). The number of fused-ring (bicyclic) bond motifs is 1. The molecule has 0 radical (unpaired) electrons. The Hall–Kier alpha value is -0.470. The highest BCUT2D eigenvalue weighted by atomic mass is 32.2. The topological polar surface area (TPSA) is 0 Å². The van der Waals surface area contributed by atoms with Gasteiger partial charge in [0.15, 0.2) is 0 Å². The van der Waals surface area contributed by atoms with Crippen LogP contribution in [0.3, 0.4) is 0 Å². The van der Waals surface area contributed by atoms with E-state index in [2.05, 4.69) is 38.3 Å². The summed E-state index contributed by atoms with van der Waals surface area (Å²) in [5.41, 5.74) is 1.40. The largest absolute Gasteiger partial charge is 0.140 e. The summed E-state index contributed by atoms with van der Waals surface area (Å²) in [6, 6.07) is 6.81. The van der Waals surface area contributed by atoms with Crippen LogP contribution in [-0.2, 0) is 0 Å². The average Bonchev–Trinajstić information content (AvgIpc) is 2.46. The predicted octanol–water partition coefficient (Wildman–Crippen LogP) is 4.24. The molecule has 2 aromatic rings. The van der Waals surface area contributed by atoms with Gasteiger partial charge in [-0.05, 0) is 49.3 Å². The van der Waals surface area contributed by atoms with Gasteiger partial charge in [0.2, 0.25) is 0 Å². The van der Waals surface area contributed by atoms with E-state index in [1.54, 1.807) is 0 Å². The van der Waals surface area contributed by atoms with Crippen LogP contribution >= 0.6 is 23.1 Å². The molecule has 0 nitrogen and oxygen atoms in total. The molecule has 0 saturated carbocycles. The summed E-state index contributed by atoms with van der Waals surface area (Å²) >= 11 is 3.70. The maximum absolute atomic E-state index is 2.27. The SMILES string of the molecule is CSc1cc(C)c2sc(C)cc2c1. The lowest BCUT2D eigenvalue weighted by molar-refractivity contribution is 1.43. The third kappa shape index (κ3) is 1.61. The highest BCUT2D eigenvalue weighted by Crippen LogP contribution is 2.31. The van der Waals surface area contributed by atoms with Gasteiger partial charge in [0.05, 0.1) is 0 Å². The number of thiophene rings is 1. The molecule has 13 heavy (non-hydrogen) atoms. The van der Waals surface area contributed by atoms with Gasteiger partial charge in [0.1, 0.15) is 0 Å². The van der Waals surface area contributed by atoms with E-state index in [-0.39, 0.29) is 0 Å². The molecule has 0 bridgehead atoms. The molecule has 0 aliphatic carbocycles. The Balaban J connectivity index is 2.75. The standard InChI is InChI=1S/C11H12S2/c1-7-4-10(12-3)6-9-5-8(2)13-11(7)9/h4-6H,1-3H3. The first-order valence-electron chi connectivity index (χ1n) is 4.25. The molecule has 1 heterocycles. The molecule has 1 aromatic heterocycles. The monoisotopic (exact) mass is 208 g/mol. The molecule has 0 N–H and O–H groups in total. The van der Waals surface area contributed by atoms with E-state index < -0.39 is 0 Å². The molecule has 68 valence electrons. The van der Waals surface area contributed by atoms with Crippen LogP contribution in [0.1, 0.15) is 10.4 Å². The van der Waals surface area contributed by atoms with E-state index in [1.165, 1.54) is 25.4 Å². The lowest BCUT2D eigenvalue weighted by atomic mass is 10.2. The Labute approximate surface area is 87.0 Å². The summed E-state index contributed by atoms with van der Waals surface area (Å²) < 4.78 is 1.44. The second-order valence-corrected chi connectivity index (χ2v) is 5.36. The van der Waals surface area contributed by atoms with E-state index in [4.69, 9.17) is 0 Å². The van der Waals surface area contributed by atoms with Crippen molar-refractivity contribution in [3.8, 4) is 0 Å². The highest BCUT2D eigenvalue weighted by molar-refractivity contribution is 7.98. The number of rotatable bonds is 1. The van der Waals surface area contributed by atoms with Crippen molar-refractivity contribution in [1.29, 1.82) is 0 Å². The van der Waals surface area contributed by atoms with Crippen LogP contribution in [0.25, 0.3) is 10.1 Å². The van der Waals surface area contributed by atoms with E-state index >= 15 is 0 Å². The van der Waals surface area contributed by atoms with Crippen LogP contribution < -0.4 is 0 Å². The van der Waals surface area contributed by atoms with Crippen molar-refractivity contribution in [1.82, 2.24) is 0 Å². The molecule has 1 aromatic carbocycles. The van der Waals surface area contributed by atoms with Crippen LogP contribution in [0.5, 0.6) is 0 Å². The Kier molecular flexibility index (Phi) is 2.35. The lowest BCUT2D eigenvalue weighted by Crippen LogP contribution is -1.74. The van der Waals surface area contributed by atoms with Crippen molar-refractivity contribution in [3.05, 3.63) is 28.6 Å². The van der Waals surface area contributed by atoms with Crippen LogP contribution in [0.2, 0.25) is 0 Å². The maximum Gasteiger partial charge on any atom is 0.0375 e. The van der Waals surface area contributed by atoms with Gasteiger partial charge in [-0.1, -0.05) is 0 Å². The molecular weight excluding hydrogens is 196 g/mol. The summed E-state index contributed by atoms with van der Waals surface area (Å²) in [7, 11) is 0. The molecule has 2 heteroatoms. The Morgan fingerprint density at radius 3 is 2.62 bits per heavy atom. The normalized spacial score (nSPS) is 11.0. The number of thioether (sulfide) groups is 1. The minimum atomic E-state index is 1.36. The van der Waals surface area contributed by atoms with Gasteiger partial charge in [-0.3, -0.25) is 0 Å². The number of aryl methyl sites for hydroxylation is 2. The van der Waals surface area contributed by atoms with Gasteiger partial charge < -0.3 is 0 Å². The molecule has 0 aliphatic rings. The van der Waals surface area contributed by atoms with Crippen LogP contribution in [0.15, 0.2) is 23.1 Å². The fourth-order valence-electron chi connectivity index (χ4n) is 1.54. The second kappa shape index (κ2) is 3.35. The summed E-state index contributed by atoms with van der Waals surface area (Å²) in [6.07, 6.45) is 2.12. The first-order valence-corrected chi connectivity index (χ1v) is 6.29. The molecule has 0 atom stereocenters. The van der Waals surface area contributed by atoms with Crippen LogP contribution in [0, 0.1) is 13.8 Å². The highest BCUT2D eigenvalue weighted by Gasteiger charge is 2.03.